The van der Waals surface area contributed by atoms with Crippen LogP contribution in [0.4, 0.5) is 5.95 Å². The highest BCUT2D eigenvalue weighted by atomic mass is 16.5. The molecule has 1 heterocycles. The average Bonchev–Trinajstić information content (AvgIpc) is 3.75. The highest BCUT2D eigenvalue weighted by molar-refractivity contribution is 5.51. The summed E-state index contributed by atoms with van der Waals surface area (Å²) in [5.74, 6) is 3.77. The van der Waals surface area contributed by atoms with E-state index in [-0.39, 0.29) is 11.8 Å². The second-order valence-corrected chi connectivity index (χ2v) is 8.75. The Kier molecular flexibility index (Phi) is 8.26. The largest absolute Gasteiger partial charge is 0.497 e. The third-order valence-corrected chi connectivity index (χ3v) is 6.57. The van der Waals surface area contributed by atoms with E-state index in [4.69, 9.17) is 38.4 Å². The average molecular weight is 521 g/mol. The van der Waals surface area contributed by atoms with E-state index >= 15 is 0 Å². The van der Waals surface area contributed by atoms with Gasteiger partial charge in [-0.2, -0.15) is 15.2 Å². The fraction of sp³-hybridized carbons (Fsp3) is 0.393. The van der Waals surface area contributed by atoms with Crippen LogP contribution in [0.3, 0.4) is 0 Å². The van der Waals surface area contributed by atoms with Gasteiger partial charge in [-0.3, -0.25) is 0 Å². The van der Waals surface area contributed by atoms with Gasteiger partial charge in [-0.1, -0.05) is 0 Å². The van der Waals surface area contributed by atoms with Gasteiger partial charge in [-0.25, -0.2) is 0 Å². The van der Waals surface area contributed by atoms with Crippen LogP contribution in [0, 0.1) is 17.2 Å². The highest BCUT2D eigenvalue weighted by Crippen LogP contribution is 2.52. The second kappa shape index (κ2) is 11.8. The zero-order valence-corrected chi connectivity index (χ0v) is 22.5. The van der Waals surface area contributed by atoms with Crippen LogP contribution in [0.2, 0.25) is 0 Å². The van der Waals surface area contributed by atoms with E-state index in [0.717, 1.165) is 17.5 Å². The molecule has 10 heteroatoms. The summed E-state index contributed by atoms with van der Waals surface area (Å²) in [4.78, 5) is 11.5. The van der Waals surface area contributed by atoms with E-state index in [2.05, 4.69) is 6.07 Å². The Hall–Kier alpha value is -4.39. The quantitative estimate of drug-likeness (QED) is 0.342. The fourth-order valence-corrected chi connectivity index (χ4v) is 4.42. The Bertz CT molecular complexity index is 1240. The molecule has 1 aliphatic carbocycles. The standard InChI is InChI=1S/C28H32N4O6/c1-33-20-9-7-17(23(12-20)35-3)15-32(16-18-8-10-21(34-2)13-24(18)36-4)28-30-26(37-5)25(27(31-28)38-6)22-11-19(22)14-29/h7-10,12-13,19,22H,11,15-16H2,1-6H3. The SMILES string of the molecule is COc1ccc(CN(Cc2ccc(OC)cc2OC)c2nc(OC)c(C3CC3C#N)c(OC)n2)c(OC)c1. The maximum Gasteiger partial charge on any atom is 0.232 e. The van der Waals surface area contributed by atoms with Gasteiger partial charge in [0, 0.05) is 42.3 Å². The first-order valence-corrected chi connectivity index (χ1v) is 12.1. The number of anilines is 1. The van der Waals surface area contributed by atoms with Gasteiger partial charge in [0.2, 0.25) is 17.7 Å². The number of nitriles is 1. The zero-order chi connectivity index (χ0) is 27.2. The molecule has 0 aliphatic heterocycles. The molecule has 200 valence electrons. The lowest BCUT2D eigenvalue weighted by Gasteiger charge is -2.26. The predicted molar refractivity (Wildman–Crippen MR) is 141 cm³/mol. The van der Waals surface area contributed by atoms with Crippen LogP contribution in [0.1, 0.15) is 29.0 Å². The third kappa shape index (κ3) is 5.47. The van der Waals surface area contributed by atoms with Crippen LogP contribution in [0.25, 0.3) is 0 Å². The van der Waals surface area contributed by atoms with Gasteiger partial charge < -0.3 is 33.3 Å². The van der Waals surface area contributed by atoms with Crippen molar-refractivity contribution in [1.82, 2.24) is 9.97 Å². The lowest BCUT2D eigenvalue weighted by Crippen LogP contribution is -2.25. The molecule has 2 unspecified atom stereocenters. The van der Waals surface area contributed by atoms with Crippen molar-refractivity contribution >= 4 is 5.95 Å². The first-order chi connectivity index (χ1) is 18.5. The van der Waals surface area contributed by atoms with E-state index in [1.807, 2.05) is 41.3 Å². The van der Waals surface area contributed by atoms with Crippen molar-refractivity contribution < 1.29 is 28.4 Å². The van der Waals surface area contributed by atoms with E-state index in [1.54, 1.807) is 42.7 Å². The fourth-order valence-electron chi connectivity index (χ4n) is 4.42. The van der Waals surface area contributed by atoms with Crippen LogP contribution in [0.5, 0.6) is 34.8 Å². The van der Waals surface area contributed by atoms with Crippen molar-refractivity contribution in [3.63, 3.8) is 0 Å². The number of hydrogen-bond acceptors (Lipinski definition) is 10. The molecule has 0 saturated heterocycles. The van der Waals surface area contributed by atoms with Crippen molar-refractivity contribution in [2.24, 2.45) is 5.92 Å². The molecular formula is C28H32N4O6. The summed E-state index contributed by atoms with van der Waals surface area (Å²) in [6.07, 6.45) is 0.724. The van der Waals surface area contributed by atoms with Crippen molar-refractivity contribution in [1.29, 1.82) is 5.26 Å². The Balaban J connectivity index is 1.80. The summed E-state index contributed by atoms with van der Waals surface area (Å²) in [5.41, 5.74) is 2.52. The lowest BCUT2D eigenvalue weighted by molar-refractivity contribution is 0.361. The smallest absolute Gasteiger partial charge is 0.232 e. The van der Waals surface area contributed by atoms with E-state index in [0.29, 0.717) is 59.4 Å². The van der Waals surface area contributed by atoms with Gasteiger partial charge in [0.05, 0.1) is 60.2 Å². The Morgan fingerprint density at radius 3 is 1.63 bits per heavy atom. The summed E-state index contributed by atoms with van der Waals surface area (Å²) in [5, 5.41) is 9.39. The number of rotatable bonds is 12. The maximum atomic E-state index is 9.39. The van der Waals surface area contributed by atoms with Crippen molar-refractivity contribution in [3.05, 3.63) is 53.1 Å². The molecule has 0 bridgehead atoms. The molecule has 0 amide bonds. The number of hydrogen-bond donors (Lipinski definition) is 0. The Morgan fingerprint density at radius 1 is 0.763 bits per heavy atom. The minimum absolute atomic E-state index is 0.0178. The van der Waals surface area contributed by atoms with Crippen LogP contribution >= 0.6 is 0 Å². The molecule has 38 heavy (non-hydrogen) atoms. The van der Waals surface area contributed by atoms with E-state index < -0.39 is 0 Å². The molecule has 4 rings (SSSR count). The monoisotopic (exact) mass is 520 g/mol. The van der Waals surface area contributed by atoms with Gasteiger partial charge >= 0.3 is 0 Å². The van der Waals surface area contributed by atoms with Crippen molar-refractivity contribution in [2.45, 2.75) is 25.4 Å². The molecule has 2 atom stereocenters. The predicted octanol–water partition coefficient (Wildman–Crippen LogP) is 4.36. The van der Waals surface area contributed by atoms with Gasteiger partial charge in [0.15, 0.2) is 0 Å². The van der Waals surface area contributed by atoms with Crippen LogP contribution in [-0.2, 0) is 13.1 Å². The topological polar surface area (TPSA) is 108 Å². The first kappa shape index (κ1) is 26.7. The molecule has 1 aromatic heterocycles. The number of methoxy groups -OCH3 is 6. The number of aromatic nitrogens is 2. The minimum atomic E-state index is -0.101. The second-order valence-electron chi connectivity index (χ2n) is 8.75. The summed E-state index contributed by atoms with van der Waals surface area (Å²) >= 11 is 0. The summed E-state index contributed by atoms with van der Waals surface area (Å²) in [7, 11) is 9.58. The Morgan fingerprint density at radius 2 is 1.26 bits per heavy atom. The van der Waals surface area contributed by atoms with Gasteiger partial charge in [-0.05, 0) is 30.7 Å². The Labute approximate surface area is 222 Å². The molecule has 0 spiro atoms. The molecule has 2 aromatic carbocycles. The molecular weight excluding hydrogens is 488 g/mol. The van der Waals surface area contributed by atoms with Gasteiger partial charge in [-0.15, -0.1) is 0 Å². The summed E-state index contributed by atoms with van der Waals surface area (Å²) in [6, 6.07) is 13.6. The van der Waals surface area contributed by atoms with E-state index in [9.17, 15) is 5.26 Å². The molecule has 1 fully saturated rings. The van der Waals surface area contributed by atoms with Crippen LogP contribution in [0.15, 0.2) is 36.4 Å². The first-order valence-electron chi connectivity index (χ1n) is 12.1. The summed E-state index contributed by atoms with van der Waals surface area (Å²) in [6.45, 7) is 0.802. The van der Waals surface area contributed by atoms with Crippen molar-refractivity contribution in [3.8, 4) is 40.8 Å². The van der Waals surface area contributed by atoms with Crippen molar-refractivity contribution in [2.75, 3.05) is 47.6 Å². The molecule has 0 N–H and O–H groups in total. The van der Waals surface area contributed by atoms with Crippen LogP contribution in [-0.4, -0.2) is 52.6 Å². The van der Waals surface area contributed by atoms with Gasteiger partial charge in [0.1, 0.15) is 23.0 Å². The molecule has 1 aliphatic rings. The minimum Gasteiger partial charge on any atom is -0.497 e. The molecule has 3 aromatic rings. The number of nitrogens with zero attached hydrogens (tertiary/aromatic N) is 4. The summed E-state index contributed by atoms with van der Waals surface area (Å²) < 4.78 is 33.4. The normalized spacial score (nSPS) is 15.7. The van der Waals surface area contributed by atoms with Gasteiger partial charge in [0.25, 0.3) is 0 Å². The third-order valence-electron chi connectivity index (χ3n) is 6.57. The maximum absolute atomic E-state index is 9.39. The lowest BCUT2D eigenvalue weighted by atomic mass is 10.1. The molecule has 1 saturated carbocycles. The zero-order valence-electron chi connectivity index (χ0n) is 22.5. The highest BCUT2D eigenvalue weighted by Gasteiger charge is 2.44. The van der Waals surface area contributed by atoms with Crippen LogP contribution < -0.4 is 33.3 Å². The number of benzene rings is 2. The molecule has 10 nitrogen and oxygen atoms in total. The van der Waals surface area contributed by atoms with E-state index in [1.165, 1.54) is 0 Å². The molecule has 0 radical (unpaired) electrons. The number of ether oxygens (including phenoxy) is 6.